The number of ether oxygens (including phenoxy) is 1. The first kappa shape index (κ1) is 25.6. The summed E-state index contributed by atoms with van der Waals surface area (Å²) in [6.45, 7) is 8.80. The van der Waals surface area contributed by atoms with Crippen LogP contribution in [-0.2, 0) is 25.7 Å². The van der Waals surface area contributed by atoms with Crippen LogP contribution in [-0.4, -0.2) is 59.5 Å². The molecule has 2 unspecified atom stereocenters. The Morgan fingerprint density at radius 2 is 1.56 bits per heavy atom. The Kier molecular flexibility index (Phi) is 8.19. The molecule has 8 nitrogen and oxygen atoms in total. The maximum atomic E-state index is 12.5. The quantitative estimate of drug-likeness (QED) is 0.485. The molecule has 1 aliphatic rings. The first-order valence-electron chi connectivity index (χ1n) is 11.5. The molecule has 0 radical (unpaired) electrons. The Bertz CT molecular complexity index is 1010. The molecule has 34 heavy (non-hydrogen) atoms. The van der Waals surface area contributed by atoms with Crippen molar-refractivity contribution >= 4 is 23.3 Å². The summed E-state index contributed by atoms with van der Waals surface area (Å²) in [5.41, 5.74) is 6.17. The van der Waals surface area contributed by atoms with Crippen LogP contribution >= 0.6 is 0 Å². The van der Waals surface area contributed by atoms with Gasteiger partial charge in [-0.05, 0) is 35.7 Å². The molecule has 1 fully saturated rings. The van der Waals surface area contributed by atoms with Crippen molar-refractivity contribution in [2.75, 3.05) is 31.6 Å². The molecular weight excluding hydrogens is 434 g/mol. The van der Waals surface area contributed by atoms with Gasteiger partial charge in [-0.15, -0.1) is 0 Å². The fraction of sp³-hybridized carbons (Fsp3) is 0.423. The van der Waals surface area contributed by atoms with E-state index in [0.717, 1.165) is 44.0 Å². The van der Waals surface area contributed by atoms with Crippen LogP contribution in [0.4, 0.5) is 5.69 Å². The number of rotatable bonds is 9. The van der Waals surface area contributed by atoms with Crippen LogP contribution in [0.15, 0.2) is 48.5 Å². The average molecular weight is 468 g/mol. The third-order valence-electron chi connectivity index (χ3n) is 6.29. The monoisotopic (exact) mass is 467 g/mol. The van der Waals surface area contributed by atoms with Crippen molar-refractivity contribution < 1.29 is 24.2 Å². The zero-order chi connectivity index (χ0) is 24.9. The van der Waals surface area contributed by atoms with E-state index in [4.69, 9.17) is 10.5 Å². The molecule has 4 N–H and O–H groups in total. The zero-order valence-corrected chi connectivity index (χ0v) is 19.9. The van der Waals surface area contributed by atoms with E-state index in [9.17, 15) is 19.5 Å². The Morgan fingerprint density at radius 3 is 2.03 bits per heavy atom. The number of nitrogens with one attached hydrogen (secondary N) is 1. The number of hydrogen-bond acceptors (Lipinski definition) is 6. The van der Waals surface area contributed by atoms with Gasteiger partial charge in [-0.3, -0.25) is 19.3 Å². The SMILES string of the molecule is CC(=O)C(c1ccc(CN2CCOCC2)cc1)c1ccc(NC(=O)C(O)(C(N)=O)C(C)C)cc1. The van der Waals surface area contributed by atoms with E-state index >= 15 is 0 Å². The maximum Gasteiger partial charge on any atom is 0.266 e. The number of benzene rings is 2. The minimum absolute atomic E-state index is 0.000580. The van der Waals surface area contributed by atoms with E-state index in [0.29, 0.717) is 5.69 Å². The highest BCUT2D eigenvalue weighted by Crippen LogP contribution is 2.28. The van der Waals surface area contributed by atoms with Crippen molar-refractivity contribution in [3.05, 3.63) is 65.2 Å². The van der Waals surface area contributed by atoms with E-state index in [-0.39, 0.29) is 5.78 Å². The number of morpholine rings is 1. The summed E-state index contributed by atoms with van der Waals surface area (Å²) in [7, 11) is 0. The summed E-state index contributed by atoms with van der Waals surface area (Å²) in [6.07, 6.45) is 0. The van der Waals surface area contributed by atoms with Crippen LogP contribution in [0.1, 0.15) is 43.4 Å². The smallest absolute Gasteiger partial charge is 0.266 e. The van der Waals surface area contributed by atoms with Crippen molar-refractivity contribution in [2.24, 2.45) is 11.7 Å². The van der Waals surface area contributed by atoms with Gasteiger partial charge in [-0.1, -0.05) is 50.2 Å². The molecule has 0 spiro atoms. The van der Waals surface area contributed by atoms with Crippen LogP contribution in [0.3, 0.4) is 0 Å². The first-order valence-corrected chi connectivity index (χ1v) is 11.5. The molecule has 2 atom stereocenters. The number of anilines is 1. The number of amides is 2. The number of carbonyl (C=O) groups excluding carboxylic acids is 3. The Morgan fingerprint density at radius 1 is 1.03 bits per heavy atom. The molecule has 0 aromatic heterocycles. The summed E-state index contributed by atoms with van der Waals surface area (Å²) in [5, 5.41) is 13.0. The molecular formula is C26H33N3O5. The van der Waals surface area contributed by atoms with Gasteiger partial charge < -0.3 is 20.9 Å². The van der Waals surface area contributed by atoms with E-state index in [2.05, 4.69) is 10.2 Å². The van der Waals surface area contributed by atoms with Gasteiger partial charge in [0.25, 0.3) is 11.8 Å². The predicted octanol–water partition coefficient (Wildman–Crippen LogP) is 2.05. The molecule has 2 aromatic rings. The number of aliphatic hydroxyl groups is 1. The van der Waals surface area contributed by atoms with Crippen molar-refractivity contribution in [1.29, 1.82) is 0 Å². The molecule has 0 aliphatic carbocycles. The van der Waals surface area contributed by atoms with Crippen LogP contribution < -0.4 is 11.1 Å². The highest BCUT2D eigenvalue weighted by atomic mass is 16.5. The Balaban J connectivity index is 1.73. The van der Waals surface area contributed by atoms with Gasteiger partial charge in [0.2, 0.25) is 5.60 Å². The van der Waals surface area contributed by atoms with E-state index in [1.54, 1.807) is 31.2 Å². The zero-order valence-electron chi connectivity index (χ0n) is 19.9. The Labute approximate surface area is 200 Å². The molecule has 1 aliphatic heterocycles. The summed E-state index contributed by atoms with van der Waals surface area (Å²) in [4.78, 5) is 39.0. The predicted molar refractivity (Wildman–Crippen MR) is 129 cm³/mol. The Hall–Kier alpha value is -3.07. The van der Waals surface area contributed by atoms with Crippen molar-refractivity contribution in [3.8, 4) is 0 Å². The molecule has 3 rings (SSSR count). The lowest BCUT2D eigenvalue weighted by atomic mass is 9.87. The van der Waals surface area contributed by atoms with E-state index in [1.807, 2.05) is 24.3 Å². The van der Waals surface area contributed by atoms with Gasteiger partial charge in [-0.25, -0.2) is 0 Å². The molecule has 8 heteroatoms. The molecule has 2 aromatic carbocycles. The van der Waals surface area contributed by atoms with E-state index < -0.39 is 29.3 Å². The van der Waals surface area contributed by atoms with Gasteiger partial charge in [0.15, 0.2) is 0 Å². The lowest BCUT2D eigenvalue weighted by Crippen LogP contribution is -2.57. The second kappa shape index (κ2) is 10.9. The minimum atomic E-state index is -2.32. The van der Waals surface area contributed by atoms with Crippen molar-refractivity contribution in [1.82, 2.24) is 4.90 Å². The van der Waals surface area contributed by atoms with Gasteiger partial charge in [0.05, 0.1) is 19.1 Å². The average Bonchev–Trinajstić information content (AvgIpc) is 2.81. The fourth-order valence-corrected chi connectivity index (χ4v) is 4.14. The van der Waals surface area contributed by atoms with E-state index in [1.165, 1.54) is 19.4 Å². The third kappa shape index (κ3) is 5.70. The van der Waals surface area contributed by atoms with Crippen molar-refractivity contribution in [3.63, 3.8) is 0 Å². The van der Waals surface area contributed by atoms with Gasteiger partial charge in [0, 0.05) is 31.2 Å². The van der Waals surface area contributed by atoms with Gasteiger partial charge >= 0.3 is 0 Å². The number of nitrogens with two attached hydrogens (primary N) is 1. The van der Waals surface area contributed by atoms with Crippen LogP contribution in [0.25, 0.3) is 0 Å². The van der Waals surface area contributed by atoms with Crippen LogP contribution in [0.5, 0.6) is 0 Å². The van der Waals surface area contributed by atoms with Crippen LogP contribution in [0.2, 0.25) is 0 Å². The largest absolute Gasteiger partial charge is 0.379 e. The molecule has 0 saturated carbocycles. The lowest BCUT2D eigenvalue weighted by molar-refractivity contribution is -0.153. The summed E-state index contributed by atoms with van der Waals surface area (Å²) in [6, 6.07) is 14.8. The molecule has 1 saturated heterocycles. The van der Waals surface area contributed by atoms with Crippen LogP contribution in [0, 0.1) is 5.92 Å². The molecule has 0 bridgehead atoms. The normalized spacial score (nSPS) is 17.1. The number of Topliss-reactive ketones (excluding diaryl/α,β-unsaturated/α-hetero) is 1. The summed E-state index contributed by atoms with van der Waals surface area (Å²) in [5.74, 6) is -3.13. The van der Waals surface area contributed by atoms with Gasteiger partial charge in [0.1, 0.15) is 5.78 Å². The second-order valence-electron chi connectivity index (χ2n) is 9.04. The fourth-order valence-electron chi connectivity index (χ4n) is 4.14. The highest BCUT2D eigenvalue weighted by molar-refractivity contribution is 6.13. The number of carbonyl (C=O) groups is 3. The summed E-state index contributed by atoms with van der Waals surface area (Å²) >= 11 is 0. The first-order chi connectivity index (χ1) is 16.1. The number of ketones is 1. The minimum Gasteiger partial charge on any atom is -0.379 e. The highest BCUT2D eigenvalue weighted by Gasteiger charge is 2.45. The van der Waals surface area contributed by atoms with Crippen molar-refractivity contribution in [2.45, 2.75) is 38.8 Å². The summed E-state index contributed by atoms with van der Waals surface area (Å²) < 4.78 is 5.40. The number of hydrogen-bond donors (Lipinski definition) is 3. The topological polar surface area (TPSA) is 122 Å². The molecule has 2 amide bonds. The second-order valence-corrected chi connectivity index (χ2v) is 9.04. The molecule has 1 heterocycles. The lowest BCUT2D eigenvalue weighted by Gasteiger charge is -2.27. The molecule has 182 valence electrons. The maximum absolute atomic E-state index is 12.5. The number of nitrogens with zero attached hydrogens (tertiary/aromatic N) is 1. The third-order valence-corrected chi connectivity index (χ3v) is 6.29. The number of primary amides is 1. The standard InChI is InChI=1S/C26H33N3O5/c1-17(2)26(33,24(27)31)25(32)28-22-10-8-21(9-11-22)23(18(3)30)20-6-4-19(5-7-20)16-29-12-14-34-15-13-29/h4-11,17,23,33H,12-16H2,1-3H3,(H2,27,31)(H,28,32). The van der Waals surface area contributed by atoms with Gasteiger partial charge in [-0.2, -0.15) is 0 Å².